The largest absolute Gasteiger partial charge is 0.484 e. The molecule has 0 saturated carbocycles. The number of benzene rings is 1. The summed E-state index contributed by atoms with van der Waals surface area (Å²) < 4.78 is 6.21. The predicted octanol–water partition coefficient (Wildman–Crippen LogP) is 3.70. The summed E-state index contributed by atoms with van der Waals surface area (Å²) in [6.07, 6.45) is 14.6. The Balaban J connectivity index is 1.90. The van der Waals surface area contributed by atoms with Crippen LogP contribution in [0.2, 0.25) is 0 Å². The Bertz CT molecular complexity index is 760. The molecule has 1 aliphatic heterocycles. The van der Waals surface area contributed by atoms with Crippen molar-refractivity contribution in [3.05, 3.63) is 89.3 Å². The van der Waals surface area contributed by atoms with Crippen LogP contribution in [0, 0.1) is 0 Å². The highest BCUT2D eigenvalue weighted by molar-refractivity contribution is 5.87. The number of ether oxygens (including phenoxy) is 1. The highest BCUT2D eigenvalue weighted by Gasteiger charge is 2.35. The molecule has 2 heteroatoms. The molecule has 0 amide bonds. The maximum Gasteiger partial charge on any atom is 0.142 e. The minimum Gasteiger partial charge on any atom is -0.484 e. The second kappa shape index (κ2) is 4.74. The maximum absolute atomic E-state index is 10.7. The van der Waals surface area contributed by atoms with Gasteiger partial charge in [-0.15, -0.1) is 0 Å². The average Bonchev–Trinajstić information content (AvgIpc) is 2.84. The molecule has 0 saturated heterocycles. The minimum absolute atomic E-state index is 0.0183. The Morgan fingerprint density at radius 2 is 2.05 bits per heavy atom. The lowest BCUT2D eigenvalue weighted by molar-refractivity contribution is -0.104. The summed E-state index contributed by atoms with van der Waals surface area (Å²) in [7, 11) is 0. The van der Waals surface area contributed by atoms with Gasteiger partial charge in [0.15, 0.2) is 0 Å². The van der Waals surface area contributed by atoms with Gasteiger partial charge in [-0.2, -0.15) is 0 Å². The van der Waals surface area contributed by atoms with E-state index in [9.17, 15) is 4.79 Å². The van der Waals surface area contributed by atoms with E-state index in [1.165, 1.54) is 17.2 Å². The number of allylic oxidation sites excluding steroid dienone is 6. The second-order valence-corrected chi connectivity index (χ2v) is 5.29. The van der Waals surface area contributed by atoms with E-state index < -0.39 is 0 Å². The predicted molar refractivity (Wildman–Crippen MR) is 82.5 cm³/mol. The Kier molecular flexibility index (Phi) is 2.74. The number of hydrogen-bond acceptors (Lipinski definition) is 2. The third kappa shape index (κ3) is 1.83. The quantitative estimate of drug-likeness (QED) is 0.607. The smallest absolute Gasteiger partial charge is 0.142 e. The van der Waals surface area contributed by atoms with E-state index in [2.05, 4.69) is 30.4 Å². The topological polar surface area (TPSA) is 26.3 Å². The molecule has 4 rings (SSSR count). The number of carbonyl (C=O) groups excluding carboxylic acids is 1. The molecular formula is C19H14O2. The van der Waals surface area contributed by atoms with E-state index in [1.54, 1.807) is 0 Å². The lowest BCUT2D eigenvalue weighted by Crippen LogP contribution is -2.20. The van der Waals surface area contributed by atoms with Crippen LogP contribution in [0.5, 0.6) is 0 Å². The van der Waals surface area contributed by atoms with Crippen molar-refractivity contribution in [1.29, 1.82) is 0 Å². The van der Waals surface area contributed by atoms with Gasteiger partial charge in [-0.1, -0.05) is 48.6 Å². The molecule has 2 nitrogen and oxygen atoms in total. The summed E-state index contributed by atoms with van der Waals surface area (Å²) in [4.78, 5) is 10.7. The molecule has 2 aliphatic carbocycles. The lowest BCUT2D eigenvalue weighted by atomic mass is 9.91. The normalized spacial score (nSPS) is 25.2. The first-order valence-electron chi connectivity index (χ1n) is 7.07. The van der Waals surface area contributed by atoms with E-state index in [0.29, 0.717) is 0 Å². The summed E-state index contributed by atoms with van der Waals surface area (Å²) in [5, 5.41) is 0. The van der Waals surface area contributed by atoms with Gasteiger partial charge in [-0.05, 0) is 34.9 Å². The van der Waals surface area contributed by atoms with Crippen LogP contribution < -0.4 is 0 Å². The van der Waals surface area contributed by atoms with Gasteiger partial charge in [-0.3, -0.25) is 4.79 Å². The van der Waals surface area contributed by atoms with Crippen LogP contribution in [-0.2, 0) is 9.53 Å². The zero-order valence-corrected chi connectivity index (χ0v) is 11.4. The van der Waals surface area contributed by atoms with Crippen molar-refractivity contribution in [1.82, 2.24) is 0 Å². The molecule has 0 bridgehead atoms. The van der Waals surface area contributed by atoms with Crippen molar-refractivity contribution in [3.8, 4) is 0 Å². The third-order valence-corrected chi connectivity index (χ3v) is 4.10. The van der Waals surface area contributed by atoms with Crippen LogP contribution in [0.3, 0.4) is 0 Å². The highest BCUT2D eigenvalue weighted by Crippen LogP contribution is 2.48. The fourth-order valence-corrected chi connectivity index (χ4v) is 3.19. The first kappa shape index (κ1) is 12.2. The number of hydrogen-bond donors (Lipinski definition) is 0. The van der Waals surface area contributed by atoms with Gasteiger partial charge < -0.3 is 4.74 Å². The van der Waals surface area contributed by atoms with E-state index >= 15 is 0 Å². The monoisotopic (exact) mass is 274 g/mol. The van der Waals surface area contributed by atoms with E-state index in [0.717, 1.165) is 23.2 Å². The Morgan fingerprint density at radius 3 is 2.95 bits per heavy atom. The molecule has 0 radical (unpaired) electrons. The number of carbonyl (C=O) groups is 1. The Labute approximate surface area is 123 Å². The van der Waals surface area contributed by atoms with Crippen LogP contribution in [0.15, 0.2) is 78.1 Å². The van der Waals surface area contributed by atoms with Crippen LogP contribution in [0.1, 0.15) is 17.0 Å². The van der Waals surface area contributed by atoms with Gasteiger partial charge in [0.2, 0.25) is 0 Å². The van der Waals surface area contributed by atoms with Gasteiger partial charge in [0.25, 0.3) is 0 Å². The number of fused-ring (bicyclic) bond motifs is 4. The van der Waals surface area contributed by atoms with Crippen LogP contribution in [0.4, 0.5) is 0 Å². The zero-order chi connectivity index (χ0) is 14.2. The summed E-state index contributed by atoms with van der Waals surface area (Å²) in [6.45, 7) is 0. The minimum atomic E-state index is -0.0183. The summed E-state index contributed by atoms with van der Waals surface area (Å²) in [5.41, 5.74) is 4.61. The molecule has 3 aliphatic rings. The molecule has 1 aromatic carbocycles. The first-order chi connectivity index (χ1) is 10.4. The van der Waals surface area contributed by atoms with Crippen LogP contribution >= 0.6 is 0 Å². The Hall–Kier alpha value is -2.61. The van der Waals surface area contributed by atoms with E-state index in [4.69, 9.17) is 4.74 Å². The van der Waals surface area contributed by atoms with Gasteiger partial charge in [0.1, 0.15) is 18.1 Å². The van der Waals surface area contributed by atoms with Crippen molar-refractivity contribution in [2.45, 2.75) is 12.0 Å². The average molecular weight is 274 g/mol. The first-order valence-corrected chi connectivity index (χ1v) is 7.07. The fraction of sp³-hybridized carbons (Fsp3) is 0.105. The van der Waals surface area contributed by atoms with Crippen molar-refractivity contribution in [2.24, 2.45) is 0 Å². The van der Waals surface area contributed by atoms with Crippen LogP contribution in [0.25, 0.3) is 5.57 Å². The van der Waals surface area contributed by atoms with E-state index in [-0.39, 0.29) is 12.0 Å². The third-order valence-electron chi connectivity index (χ3n) is 4.10. The van der Waals surface area contributed by atoms with Crippen molar-refractivity contribution in [2.75, 3.05) is 0 Å². The highest BCUT2D eigenvalue weighted by atomic mass is 16.5. The van der Waals surface area contributed by atoms with Gasteiger partial charge in [0.05, 0.1) is 5.92 Å². The molecule has 0 spiro atoms. The lowest BCUT2D eigenvalue weighted by Gasteiger charge is -2.29. The molecule has 21 heavy (non-hydrogen) atoms. The fourth-order valence-electron chi connectivity index (χ4n) is 3.19. The SMILES string of the molecule is O=C/C=C/C1=C2O[C@@H]3C=CC=CC3=C[C@@H]2c2ccccc21. The van der Waals surface area contributed by atoms with Crippen molar-refractivity contribution < 1.29 is 9.53 Å². The number of aldehydes is 1. The maximum atomic E-state index is 10.7. The zero-order valence-electron chi connectivity index (χ0n) is 11.4. The molecule has 0 aromatic heterocycles. The van der Waals surface area contributed by atoms with E-state index in [1.807, 2.05) is 30.4 Å². The molecule has 2 atom stereocenters. The van der Waals surface area contributed by atoms with Crippen LogP contribution in [-0.4, -0.2) is 12.4 Å². The molecule has 0 fully saturated rings. The second-order valence-electron chi connectivity index (χ2n) is 5.29. The molecule has 1 aromatic rings. The number of rotatable bonds is 2. The molecular weight excluding hydrogens is 260 g/mol. The van der Waals surface area contributed by atoms with Crippen molar-refractivity contribution in [3.63, 3.8) is 0 Å². The summed E-state index contributed by atoms with van der Waals surface area (Å²) >= 11 is 0. The van der Waals surface area contributed by atoms with Gasteiger partial charge in [0, 0.05) is 5.57 Å². The van der Waals surface area contributed by atoms with Gasteiger partial charge >= 0.3 is 0 Å². The van der Waals surface area contributed by atoms with Crippen molar-refractivity contribution >= 4 is 11.9 Å². The van der Waals surface area contributed by atoms with Gasteiger partial charge in [-0.25, -0.2) is 0 Å². The standard InChI is InChI=1S/C19H14O2/c20-11-5-9-16-14-7-2-3-8-15(14)17-12-13-6-1-4-10-18(13)21-19(16)17/h1-12,17-18H/b9-5+/t17-,18-/m1/s1. The summed E-state index contributed by atoms with van der Waals surface area (Å²) in [5.74, 6) is 1.10. The summed E-state index contributed by atoms with van der Waals surface area (Å²) in [6, 6.07) is 8.28. The molecule has 102 valence electrons. The molecule has 0 unspecified atom stereocenters. The molecule has 1 heterocycles. The molecule has 0 N–H and O–H groups in total. The Morgan fingerprint density at radius 1 is 1.14 bits per heavy atom.